The lowest BCUT2D eigenvalue weighted by molar-refractivity contribution is 0.118. The first-order valence-corrected chi connectivity index (χ1v) is 7.29. The normalized spacial score (nSPS) is 17.9. The van der Waals surface area contributed by atoms with Gasteiger partial charge in [0.2, 0.25) is 0 Å². The fourth-order valence-electron chi connectivity index (χ4n) is 2.24. The molecule has 0 saturated carbocycles. The number of likely N-dealkylation sites (tertiary alicyclic amines) is 1. The maximum absolute atomic E-state index is 9.08. The summed E-state index contributed by atoms with van der Waals surface area (Å²) in [6.45, 7) is 4.17. The van der Waals surface area contributed by atoms with E-state index in [1.54, 1.807) is 0 Å². The standard InChI is InChI=1S/C14H20BrNO2/c15-13-2-1-3-14(10-13)18-9-8-16-6-4-12(11-17)5-7-16/h1-3,10,12,17H,4-9,11H2. The lowest BCUT2D eigenvalue weighted by atomic mass is 9.98. The molecule has 0 amide bonds. The van der Waals surface area contributed by atoms with Crippen molar-refractivity contribution in [1.29, 1.82) is 0 Å². The van der Waals surface area contributed by atoms with Crippen LogP contribution < -0.4 is 4.74 Å². The van der Waals surface area contributed by atoms with Crippen LogP contribution in [0.4, 0.5) is 0 Å². The minimum absolute atomic E-state index is 0.336. The van der Waals surface area contributed by atoms with E-state index in [1.165, 1.54) is 0 Å². The fraction of sp³-hybridized carbons (Fsp3) is 0.571. The van der Waals surface area contributed by atoms with Crippen molar-refractivity contribution in [1.82, 2.24) is 4.90 Å². The number of hydrogen-bond acceptors (Lipinski definition) is 3. The van der Waals surface area contributed by atoms with Crippen molar-refractivity contribution >= 4 is 15.9 Å². The SMILES string of the molecule is OCC1CCN(CCOc2cccc(Br)c2)CC1. The van der Waals surface area contributed by atoms with E-state index in [4.69, 9.17) is 9.84 Å². The third-order valence-electron chi connectivity index (χ3n) is 3.44. The van der Waals surface area contributed by atoms with Crippen LogP contribution in [0.25, 0.3) is 0 Å². The molecule has 3 nitrogen and oxygen atoms in total. The van der Waals surface area contributed by atoms with Gasteiger partial charge in [-0.25, -0.2) is 0 Å². The van der Waals surface area contributed by atoms with E-state index in [-0.39, 0.29) is 0 Å². The van der Waals surface area contributed by atoms with Gasteiger partial charge in [0.25, 0.3) is 0 Å². The van der Waals surface area contributed by atoms with E-state index in [1.807, 2.05) is 24.3 Å². The Labute approximate surface area is 117 Å². The number of benzene rings is 1. The van der Waals surface area contributed by atoms with E-state index in [0.29, 0.717) is 12.5 Å². The van der Waals surface area contributed by atoms with Gasteiger partial charge in [-0.1, -0.05) is 22.0 Å². The molecule has 0 bridgehead atoms. The minimum Gasteiger partial charge on any atom is -0.492 e. The lowest BCUT2D eigenvalue weighted by Crippen LogP contribution is -2.37. The summed E-state index contributed by atoms with van der Waals surface area (Å²) in [6.07, 6.45) is 2.21. The highest BCUT2D eigenvalue weighted by Crippen LogP contribution is 2.18. The average molecular weight is 314 g/mol. The highest BCUT2D eigenvalue weighted by Gasteiger charge is 2.17. The molecule has 1 saturated heterocycles. The topological polar surface area (TPSA) is 32.7 Å². The molecule has 1 aromatic rings. The maximum Gasteiger partial charge on any atom is 0.120 e. The number of halogens is 1. The number of aliphatic hydroxyl groups is 1. The molecule has 0 spiro atoms. The van der Waals surface area contributed by atoms with Gasteiger partial charge in [0.1, 0.15) is 12.4 Å². The maximum atomic E-state index is 9.08. The summed E-state index contributed by atoms with van der Waals surface area (Å²) in [5.74, 6) is 1.42. The van der Waals surface area contributed by atoms with Gasteiger partial charge in [-0.3, -0.25) is 4.90 Å². The molecule has 1 heterocycles. The van der Waals surface area contributed by atoms with Crippen LogP contribution in [0.5, 0.6) is 5.75 Å². The zero-order chi connectivity index (χ0) is 12.8. The number of piperidine rings is 1. The summed E-state index contributed by atoms with van der Waals surface area (Å²) in [5, 5.41) is 9.08. The van der Waals surface area contributed by atoms with Crippen LogP contribution in [-0.2, 0) is 0 Å². The molecule has 0 unspecified atom stereocenters. The van der Waals surface area contributed by atoms with Crippen LogP contribution in [0.2, 0.25) is 0 Å². The second kappa shape index (κ2) is 7.12. The molecule has 0 atom stereocenters. The number of hydrogen-bond donors (Lipinski definition) is 1. The van der Waals surface area contributed by atoms with Crippen LogP contribution in [-0.4, -0.2) is 42.9 Å². The molecular formula is C14H20BrNO2. The molecule has 0 aliphatic carbocycles. The summed E-state index contributed by atoms with van der Waals surface area (Å²) in [4.78, 5) is 2.41. The summed E-state index contributed by atoms with van der Waals surface area (Å²) < 4.78 is 6.77. The van der Waals surface area contributed by atoms with Crippen molar-refractivity contribution in [3.8, 4) is 5.75 Å². The van der Waals surface area contributed by atoms with Gasteiger partial charge in [0.05, 0.1) is 0 Å². The summed E-state index contributed by atoms with van der Waals surface area (Å²) in [5.41, 5.74) is 0. The predicted molar refractivity (Wildman–Crippen MR) is 75.9 cm³/mol. The number of nitrogens with zero attached hydrogens (tertiary/aromatic N) is 1. The first kappa shape index (κ1) is 13.8. The molecule has 1 aliphatic heterocycles. The van der Waals surface area contributed by atoms with Crippen molar-refractivity contribution in [2.75, 3.05) is 32.8 Å². The molecule has 0 radical (unpaired) electrons. The highest BCUT2D eigenvalue weighted by atomic mass is 79.9. The zero-order valence-corrected chi connectivity index (χ0v) is 12.1. The van der Waals surface area contributed by atoms with Crippen molar-refractivity contribution in [2.45, 2.75) is 12.8 Å². The largest absolute Gasteiger partial charge is 0.492 e. The Balaban J connectivity index is 1.67. The Morgan fingerprint density at radius 1 is 1.33 bits per heavy atom. The fourth-order valence-corrected chi connectivity index (χ4v) is 2.62. The predicted octanol–water partition coefficient (Wildman–Crippen LogP) is 2.53. The third-order valence-corrected chi connectivity index (χ3v) is 3.93. The Morgan fingerprint density at radius 2 is 2.11 bits per heavy atom. The Morgan fingerprint density at radius 3 is 2.78 bits per heavy atom. The van der Waals surface area contributed by atoms with Gasteiger partial charge in [-0.15, -0.1) is 0 Å². The number of rotatable bonds is 5. The Kier molecular flexibility index (Phi) is 5.47. The van der Waals surface area contributed by atoms with E-state index in [0.717, 1.165) is 49.3 Å². The van der Waals surface area contributed by atoms with Crippen LogP contribution in [0.3, 0.4) is 0 Å². The molecule has 4 heteroatoms. The quantitative estimate of drug-likeness (QED) is 0.906. The summed E-state index contributed by atoms with van der Waals surface area (Å²) >= 11 is 3.43. The average Bonchev–Trinajstić information content (AvgIpc) is 2.40. The molecule has 1 aromatic carbocycles. The van der Waals surface area contributed by atoms with Crippen molar-refractivity contribution < 1.29 is 9.84 Å². The molecular weight excluding hydrogens is 294 g/mol. The zero-order valence-electron chi connectivity index (χ0n) is 10.5. The summed E-state index contributed by atoms with van der Waals surface area (Å²) in [7, 11) is 0. The van der Waals surface area contributed by atoms with Gasteiger partial charge in [-0.05, 0) is 50.0 Å². The second-order valence-corrected chi connectivity index (χ2v) is 5.69. The molecule has 1 aliphatic rings. The van der Waals surface area contributed by atoms with Gasteiger partial charge in [0, 0.05) is 17.6 Å². The Hall–Kier alpha value is -0.580. The molecule has 1 N–H and O–H groups in total. The van der Waals surface area contributed by atoms with Crippen LogP contribution in [0, 0.1) is 5.92 Å². The van der Waals surface area contributed by atoms with Crippen LogP contribution in [0.15, 0.2) is 28.7 Å². The number of ether oxygens (including phenoxy) is 1. The minimum atomic E-state index is 0.336. The highest BCUT2D eigenvalue weighted by molar-refractivity contribution is 9.10. The molecule has 100 valence electrons. The first-order chi connectivity index (χ1) is 8.78. The molecule has 0 aromatic heterocycles. The van der Waals surface area contributed by atoms with Gasteiger partial charge >= 0.3 is 0 Å². The van der Waals surface area contributed by atoms with E-state index >= 15 is 0 Å². The van der Waals surface area contributed by atoms with Gasteiger partial charge in [-0.2, -0.15) is 0 Å². The second-order valence-electron chi connectivity index (χ2n) is 4.77. The Bertz CT molecular complexity index is 365. The molecule has 1 fully saturated rings. The van der Waals surface area contributed by atoms with Crippen LogP contribution >= 0.6 is 15.9 Å². The monoisotopic (exact) mass is 313 g/mol. The van der Waals surface area contributed by atoms with Crippen molar-refractivity contribution in [2.24, 2.45) is 5.92 Å². The van der Waals surface area contributed by atoms with Crippen molar-refractivity contribution in [3.05, 3.63) is 28.7 Å². The van der Waals surface area contributed by atoms with Crippen LogP contribution in [0.1, 0.15) is 12.8 Å². The van der Waals surface area contributed by atoms with Gasteiger partial charge < -0.3 is 9.84 Å². The molecule has 2 rings (SSSR count). The third kappa shape index (κ3) is 4.26. The van der Waals surface area contributed by atoms with E-state index < -0.39 is 0 Å². The number of aliphatic hydroxyl groups excluding tert-OH is 1. The smallest absolute Gasteiger partial charge is 0.120 e. The van der Waals surface area contributed by atoms with E-state index in [2.05, 4.69) is 20.8 Å². The van der Waals surface area contributed by atoms with Crippen molar-refractivity contribution in [3.63, 3.8) is 0 Å². The van der Waals surface area contributed by atoms with Gasteiger partial charge in [0.15, 0.2) is 0 Å². The first-order valence-electron chi connectivity index (χ1n) is 6.49. The summed E-state index contributed by atoms with van der Waals surface area (Å²) in [6, 6.07) is 7.93. The molecule has 18 heavy (non-hydrogen) atoms. The lowest BCUT2D eigenvalue weighted by Gasteiger charge is -2.30. The van der Waals surface area contributed by atoms with E-state index in [9.17, 15) is 0 Å².